The summed E-state index contributed by atoms with van der Waals surface area (Å²) in [6.45, 7) is 0.799. The molecule has 0 fully saturated rings. The van der Waals surface area contributed by atoms with Crippen molar-refractivity contribution in [2.75, 3.05) is 7.11 Å². The number of rotatable bonds is 5. The van der Waals surface area contributed by atoms with E-state index in [1.165, 1.54) is 11.1 Å². The van der Waals surface area contributed by atoms with Crippen molar-refractivity contribution in [3.8, 4) is 5.75 Å². The molecular formula is C19H22N2O. The molecule has 2 aromatic rings. The molecule has 0 radical (unpaired) electrons. The third-order valence-electron chi connectivity index (χ3n) is 4.09. The molecule has 0 unspecified atom stereocenters. The highest BCUT2D eigenvalue weighted by Crippen LogP contribution is 2.24. The lowest BCUT2D eigenvalue weighted by molar-refractivity contribution is 0.378. The Labute approximate surface area is 132 Å². The molecule has 1 heterocycles. The van der Waals surface area contributed by atoms with Gasteiger partial charge in [-0.3, -0.25) is 0 Å². The second-order valence-electron chi connectivity index (χ2n) is 5.49. The quantitative estimate of drug-likeness (QED) is 0.886. The van der Waals surface area contributed by atoms with Gasteiger partial charge in [0.25, 0.3) is 0 Å². The third-order valence-corrected chi connectivity index (χ3v) is 4.09. The molecule has 22 heavy (non-hydrogen) atoms. The maximum absolute atomic E-state index is 5.43. The fraction of sp³-hybridized carbons (Fsp3) is 0.263. The van der Waals surface area contributed by atoms with E-state index in [2.05, 4.69) is 59.3 Å². The Hall–Kier alpha value is -2.26. The number of ether oxygens (including phenoxy) is 1. The van der Waals surface area contributed by atoms with Crippen LogP contribution in [0.4, 0.5) is 0 Å². The SMILES string of the molecule is COc1ccccc1CN[C@H]1CC=CN[C@H]1c1ccccc1. The summed E-state index contributed by atoms with van der Waals surface area (Å²) >= 11 is 0. The lowest BCUT2D eigenvalue weighted by Gasteiger charge is -2.31. The number of hydrogen-bond acceptors (Lipinski definition) is 3. The molecule has 0 amide bonds. The molecule has 0 aromatic heterocycles. The summed E-state index contributed by atoms with van der Waals surface area (Å²) in [7, 11) is 1.72. The van der Waals surface area contributed by atoms with Crippen molar-refractivity contribution >= 4 is 0 Å². The van der Waals surface area contributed by atoms with Gasteiger partial charge < -0.3 is 15.4 Å². The molecule has 3 heteroatoms. The number of hydrogen-bond donors (Lipinski definition) is 2. The minimum absolute atomic E-state index is 0.293. The summed E-state index contributed by atoms with van der Waals surface area (Å²) < 4.78 is 5.43. The van der Waals surface area contributed by atoms with Crippen LogP contribution in [0.25, 0.3) is 0 Å². The molecule has 0 saturated carbocycles. The molecule has 0 aliphatic carbocycles. The van der Waals surface area contributed by atoms with Crippen molar-refractivity contribution in [3.05, 3.63) is 78.0 Å². The highest BCUT2D eigenvalue weighted by atomic mass is 16.5. The topological polar surface area (TPSA) is 33.3 Å². The molecule has 1 aliphatic heterocycles. The van der Waals surface area contributed by atoms with Gasteiger partial charge in [0.1, 0.15) is 5.75 Å². The zero-order chi connectivity index (χ0) is 15.2. The van der Waals surface area contributed by atoms with Crippen molar-refractivity contribution in [1.29, 1.82) is 0 Å². The highest BCUT2D eigenvalue weighted by Gasteiger charge is 2.23. The van der Waals surface area contributed by atoms with Crippen LogP contribution < -0.4 is 15.4 Å². The van der Waals surface area contributed by atoms with Crippen LogP contribution >= 0.6 is 0 Å². The van der Waals surface area contributed by atoms with E-state index in [4.69, 9.17) is 4.74 Å². The first-order valence-corrected chi connectivity index (χ1v) is 7.70. The van der Waals surface area contributed by atoms with Crippen molar-refractivity contribution in [2.45, 2.75) is 25.0 Å². The zero-order valence-corrected chi connectivity index (χ0v) is 12.8. The second-order valence-corrected chi connectivity index (χ2v) is 5.49. The van der Waals surface area contributed by atoms with Crippen LogP contribution in [0.2, 0.25) is 0 Å². The molecular weight excluding hydrogens is 272 g/mol. The molecule has 1 aliphatic rings. The van der Waals surface area contributed by atoms with Gasteiger partial charge in [0.15, 0.2) is 0 Å². The standard InChI is InChI=1S/C19H22N2O/c1-22-18-12-6-5-10-16(18)14-21-17-11-7-13-20-19(17)15-8-3-2-4-9-15/h2-10,12-13,17,19-21H,11,14H2,1H3/t17-,19-/m0/s1. The van der Waals surface area contributed by atoms with E-state index in [-0.39, 0.29) is 0 Å². The van der Waals surface area contributed by atoms with Crippen molar-refractivity contribution in [3.63, 3.8) is 0 Å². The van der Waals surface area contributed by atoms with Gasteiger partial charge in [-0.15, -0.1) is 0 Å². The minimum Gasteiger partial charge on any atom is -0.496 e. The van der Waals surface area contributed by atoms with Crippen LogP contribution in [0.15, 0.2) is 66.9 Å². The molecule has 3 nitrogen and oxygen atoms in total. The van der Waals surface area contributed by atoms with E-state index >= 15 is 0 Å². The summed E-state index contributed by atoms with van der Waals surface area (Å²) in [6, 6.07) is 19.4. The molecule has 114 valence electrons. The summed E-state index contributed by atoms with van der Waals surface area (Å²) in [5.41, 5.74) is 2.50. The molecule has 3 rings (SSSR count). The van der Waals surface area contributed by atoms with Gasteiger partial charge in [-0.25, -0.2) is 0 Å². The maximum Gasteiger partial charge on any atom is 0.123 e. The van der Waals surface area contributed by atoms with Crippen molar-refractivity contribution in [2.24, 2.45) is 0 Å². The normalized spacial score (nSPS) is 20.4. The summed E-state index contributed by atoms with van der Waals surface area (Å²) in [5.74, 6) is 0.936. The van der Waals surface area contributed by atoms with Crippen LogP contribution in [-0.2, 0) is 6.54 Å². The monoisotopic (exact) mass is 294 g/mol. The molecule has 2 atom stereocenters. The highest BCUT2D eigenvalue weighted by molar-refractivity contribution is 5.33. The van der Waals surface area contributed by atoms with Crippen LogP contribution in [0.1, 0.15) is 23.6 Å². The predicted octanol–water partition coefficient (Wildman–Crippen LogP) is 3.40. The summed E-state index contributed by atoms with van der Waals surface area (Å²) in [6.07, 6.45) is 5.25. The van der Waals surface area contributed by atoms with E-state index in [0.29, 0.717) is 12.1 Å². The Balaban J connectivity index is 1.71. The Morgan fingerprint density at radius 1 is 1.09 bits per heavy atom. The third kappa shape index (κ3) is 3.31. The number of para-hydroxylation sites is 1. The fourth-order valence-corrected chi connectivity index (χ4v) is 2.92. The van der Waals surface area contributed by atoms with Crippen LogP contribution in [0.5, 0.6) is 5.75 Å². The van der Waals surface area contributed by atoms with E-state index in [9.17, 15) is 0 Å². The first-order valence-electron chi connectivity index (χ1n) is 7.70. The zero-order valence-electron chi connectivity index (χ0n) is 12.8. The lowest BCUT2D eigenvalue weighted by atomic mass is 9.94. The fourth-order valence-electron chi connectivity index (χ4n) is 2.92. The van der Waals surface area contributed by atoms with Crippen LogP contribution in [-0.4, -0.2) is 13.2 Å². The smallest absolute Gasteiger partial charge is 0.123 e. The van der Waals surface area contributed by atoms with E-state index in [1.807, 2.05) is 18.2 Å². The first kappa shape index (κ1) is 14.7. The van der Waals surface area contributed by atoms with Gasteiger partial charge >= 0.3 is 0 Å². The van der Waals surface area contributed by atoms with Crippen molar-refractivity contribution < 1.29 is 4.74 Å². The van der Waals surface area contributed by atoms with Gasteiger partial charge in [0, 0.05) is 18.2 Å². The van der Waals surface area contributed by atoms with Crippen LogP contribution in [0.3, 0.4) is 0 Å². The molecule has 2 N–H and O–H groups in total. The van der Waals surface area contributed by atoms with Gasteiger partial charge in [0.2, 0.25) is 0 Å². The first-order chi connectivity index (χ1) is 10.9. The number of nitrogens with one attached hydrogen (secondary N) is 2. The molecule has 0 spiro atoms. The summed E-state index contributed by atoms with van der Waals surface area (Å²) in [5, 5.41) is 7.14. The van der Waals surface area contributed by atoms with Gasteiger partial charge in [-0.1, -0.05) is 54.6 Å². The van der Waals surface area contributed by atoms with Gasteiger partial charge in [-0.05, 0) is 24.3 Å². The predicted molar refractivity (Wildman–Crippen MR) is 89.7 cm³/mol. The average molecular weight is 294 g/mol. The number of methoxy groups -OCH3 is 1. The largest absolute Gasteiger partial charge is 0.496 e. The molecule has 2 aromatic carbocycles. The summed E-state index contributed by atoms with van der Waals surface area (Å²) in [4.78, 5) is 0. The maximum atomic E-state index is 5.43. The number of benzene rings is 2. The Bertz CT molecular complexity index is 624. The Kier molecular flexibility index (Phi) is 4.76. The van der Waals surface area contributed by atoms with E-state index in [1.54, 1.807) is 7.11 Å². The van der Waals surface area contributed by atoms with Gasteiger partial charge in [0.05, 0.1) is 13.2 Å². The molecule has 0 bridgehead atoms. The van der Waals surface area contributed by atoms with E-state index < -0.39 is 0 Å². The minimum atomic E-state index is 0.293. The van der Waals surface area contributed by atoms with E-state index in [0.717, 1.165) is 18.7 Å². The lowest BCUT2D eigenvalue weighted by Crippen LogP contribution is -2.41. The van der Waals surface area contributed by atoms with Crippen LogP contribution in [0, 0.1) is 0 Å². The van der Waals surface area contributed by atoms with Crippen molar-refractivity contribution in [1.82, 2.24) is 10.6 Å². The Morgan fingerprint density at radius 2 is 1.86 bits per heavy atom. The Morgan fingerprint density at radius 3 is 2.68 bits per heavy atom. The average Bonchev–Trinajstić information content (AvgIpc) is 2.61. The van der Waals surface area contributed by atoms with Gasteiger partial charge in [-0.2, -0.15) is 0 Å². The second kappa shape index (κ2) is 7.14. The molecule has 0 saturated heterocycles.